The van der Waals surface area contributed by atoms with Gasteiger partial charge in [0.1, 0.15) is 11.0 Å². The van der Waals surface area contributed by atoms with Crippen molar-refractivity contribution in [2.45, 2.75) is 34.1 Å². The third-order valence-electron chi connectivity index (χ3n) is 5.55. The summed E-state index contributed by atoms with van der Waals surface area (Å²) in [6.45, 7) is 8.60. The molecule has 2 heterocycles. The van der Waals surface area contributed by atoms with Crippen LogP contribution in [0.4, 0.5) is 0 Å². The molecule has 0 saturated heterocycles. The van der Waals surface area contributed by atoms with Crippen LogP contribution in [0.1, 0.15) is 29.5 Å². The first kappa shape index (κ1) is 17.0. The molecule has 0 radical (unpaired) electrons. The van der Waals surface area contributed by atoms with Crippen LogP contribution < -0.4 is 0 Å². The van der Waals surface area contributed by atoms with Gasteiger partial charge in [-0.25, -0.2) is 4.98 Å². The molecule has 0 aliphatic carbocycles. The molecule has 0 unspecified atom stereocenters. The molecule has 5 rings (SSSR count). The summed E-state index contributed by atoms with van der Waals surface area (Å²) in [5.74, 6) is 0.752. The molecule has 4 nitrogen and oxygen atoms in total. The van der Waals surface area contributed by atoms with E-state index in [0.29, 0.717) is 0 Å². The maximum atomic E-state index is 6.07. The van der Waals surface area contributed by atoms with Crippen LogP contribution in [0.3, 0.4) is 0 Å². The molecule has 0 spiro atoms. The van der Waals surface area contributed by atoms with Crippen molar-refractivity contribution in [2.24, 2.45) is 7.05 Å². The van der Waals surface area contributed by atoms with Crippen LogP contribution in [0.25, 0.3) is 43.9 Å². The first-order valence-corrected chi connectivity index (χ1v) is 9.73. The van der Waals surface area contributed by atoms with E-state index in [1.165, 1.54) is 33.2 Å². The van der Waals surface area contributed by atoms with Gasteiger partial charge in [0.25, 0.3) is 0 Å². The van der Waals surface area contributed by atoms with Crippen molar-refractivity contribution in [1.29, 1.82) is 0 Å². The molecular formula is C24H23N3O. The zero-order chi connectivity index (χ0) is 19.6. The molecule has 140 valence electrons. The van der Waals surface area contributed by atoms with Gasteiger partial charge in [0, 0.05) is 35.8 Å². The lowest BCUT2D eigenvalue weighted by atomic mass is 9.89. The van der Waals surface area contributed by atoms with Gasteiger partial charge in [0.2, 0.25) is 0 Å². The molecule has 0 fully saturated rings. The van der Waals surface area contributed by atoms with E-state index in [4.69, 9.17) is 14.5 Å². The monoisotopic (exact) mass is 369 g/mol. The Balaban J connectivity index is 2.03. The Kier molecular flexibility index (Phi) is 3.60. The Hall–Kier alpha value is -3.14. The number of aryl methyl sites for hydroxylation is 5. The van der Waals surface area contributed by atoms with E-state index in [1.807, 2.05) is 11.7 Å². The van der Waals surface area contributed by atoms with Gasteiger partial charge in [-0.15, -0.1) is 0 Å². The molecule has 28 heavy (non-hydrogen) atoms. The molecule has 2 aromatic heterocycles. The normalized spacial score (nSPS) is 11.9. The third-order valence-corrected chi connectivity index (χ3v) is 5.55. The van der Waals surface area contributed by atoms with Gasteiger partial charge in [-0.2, -0.15) is 5.10 Å². The quantitative estimate of drug-likeness (QED) is 0.382. The molecule has 0 saturated carbocycles. The average molecular weight is 369 g/mol. The molecule has 5 aromatic rings. The second-order valence-corrected chi connectivity index (χ2v) is 7.71. The van der Waals surface area contributed by atoms with Crippen molar-refractivity contribution in [3.63, 3.8) is 0 Å². The van der Waals surface area contributed by atoms with Crippen molar-refractivity contribution in [3.8, 4) is 11.1 Å². The van der Waals surface area contributed by atoms with Crippen LogP contribution >= 0.6 is 0 Å². The number of fused-ring (bicyclic) bond motifs is 6. The van der Waals surface area contributed by atoms with Gasteiger partial charge in [-0.1, -0.05) is 42.8 Å². The van der Waals surface area contributed by atoms with Gasteiger partial charge in [0.15, 0.2) is 11.5 Å². The predicted molar refractivity (Wildman–Crippen MR) is 115 cm³/mol. The summed E-state index contributed by atoms with van der Waals surface area (Å²) in [4.78, 5) is 4.80. The maximum absolute atomic E-state index is 6.07. The summed E-state index contributed by atoms with van der Waals surface area (Å²) in [5.41, 5.74) is 8.96. The number of hydrogen-bond donors (Lipinski definition) is 0. The summed E-state index contributed by atoms with van der Waals surface area (Å²) in [7, 11) is 1.96. The van der Waals surface area contributed by atoms with Crippen molar-refractivity contribution in [2.75, 3.05) is 0 Å². The van der Waals surface area contributed by atoms with E-state index in [-0.39, 0.29) is 0 Å². The highest BCUT2D eigenvalue weighted by Crippen LogP contribution is 2.41. The van der Waals surface area contributed by atoms with Gasteiger partial charge in [0.05, 0.1) is 0 Å². The minimum Gasteiger partial charge on any atom is -0.438 e. The highest BCUT2D eigenvalue weighted by Gasteiger charge is 2.20. The Morgan fingerprint density at radius 2 is 1.75 bits per heavy atom. The topological polar surface area (TPSA) is 43.9 Å². The van der Waals surface area contributed by atoms with Crippen molar-refractivity contribution < 1.29 is 4.42 Å². The average Bonchev–Trinajstić information content (AvgIpc) is 3.24. The molecular weight excluding hydrogens is 346 g/mol. The minimum atomic E-state index is 0.752. The van der Waals surface area contributed by atoms with Crippen molar-refractivity contribution in [1.82, 2.24) is 14.8 Å². The first-order valence-electron chi connectivity index (χ1n) is 9.73. The molecule has 0 N–H and O–H groups in total. The van der Waals surface area contributed by atoms with E-state index < -0.39 is 0 Å². The Labute approximate surface area is 163 Å². The number of benzene rings is 3. The summed E-state index contributed by atoms with van der Waals surface area (Å²) in [6.07, 6.45) is 2.86. The number of hydrogen-bond acceptors (Lipinski definition) is 3. The molecule has 0 amide bonds. The van der Waals surface area contributed by atoms with E-state index in [9.17, 15) is 0 Å². The Bertz CT molecular complexity index is 1370. The SMILES string of the molecule is CCc1nc2c3cccc(-c4c(C)cc(C)cc4C)c3c3cn(C)nc3c2o1. The Morgan fingerprint density at radius 1 is 1.00 bits per heavy atom. The summed E-state index contributed by atoms with van der Waals surface area (Å²) >= 11 is 0. The standard InChI is InChI=1S/C24H23N3O/c1-6-19-25-22-17-9-7-8-16(20-14(3)10-13(2)11-15(20)4)21(17)18-12-27(5)26-23(18)24(22)28-19/h7-12H,6H2,1-5H3. The fourth-order valence-electron chi connectivity index (χ4n) is 4.55. The molecule has 4 heteroatoms. The fourth-order valence-corrected chi connectivity index (χ4v) is 4.55. The van der Waals surface area contributed by atoms with Gasteiger partial charge >= 0.3 is 0 Å². The lowest BCUT2D eigenvalue weighted by molar-refractivity contribution is 0.539. The number of oxazole rings is 1. The molecule has 0 aliphatic rings. The number of nitrogens with zero attached hydrogens (tertiary/aromatic N) is 3. The second kappa shape index (κ2) is 5.93. The van der Waals surface area contributed by atoms with Gasteiger partial charge < -0.3 is 4.42 Å². The lowest BCUT2D eigenvalue weighted by Crippen LogP contribution is -1.92. The van der Waals surface area contributed by atoms with Crippen molar-refractivity contribution in [3.05, 3.63) is 59.1 Å². The summed E-state index contributed by atoms with van der Waals surface area (Å²) < 4.78 is 7.94. The van der Waals surface area contributed by atoms with Gasteiger partial charge in [-0.3, -0.25) is 4.68 Å². The van der Waals surface area contributed by atoms with Crippen LogP contribution in [0.15, 0.2) is 40.9 Å². The van der Waals surface area contributed by atoms with Gasteiger partial charge in [-0.05, 0) is 43.0 Å². The van der Waals surface area contributed by atoms with E-state index in [1.54, 1.807) is 0 Å². The second-order valence-electron chi connectivity index (χ2n) is 7.71. The van der Waals surface area contributed by atoms with Crippen molar-refractivity contribution >= 4 is 32.8 Å². The number of rotatable bonds is 2. The zero-order valence-corrected chi connectivity index (χ0v) is 16.9. The van der Waals surface area contributed by atoms with Crippen LogP contribution in [0.5, 0.6) is 0 Å². The van der Waals surface area contributed by atoms with Crippen LogP contribution in [0, 0.1) is 20.8 Å². The first-order chi connectivity index (χ1) is 13.5. The maximum Gasteiger partial charge on any atom is 0.195 e. The largest absolute Gasteiger partial charge is 0.438 e. The van der Waals surface area contributed by atoms with E-state index in [0.717, 1.165) is 39.7 Å². The van der Waals surface area contributed by atoms with E-state index >= 15 is 0 Å². The smallest absolute Gasteiger partial charge is 0.195 e. The summed E-state index contributed by atoms with van der Waals surface area (Å²) in [6, 6.07) is 11.0. The molecule has 0 bridgehead atoms. The third kappa shape index (κ3) is 2.30. The number of aromatic nitrogens is 3. The summed E-state index contributed by atoms with van der Waals surface area (Å²) in [5, 5.41) is 8.15. The minimum absolute atomic E-state index is 0.752. The Morgan fingerprint density at radius 3 is 2.46 bits per heavy atom. The molecule has 0 aliphatic heterocycles. The van der Waals surface area contributed by atoms with Crippen LogP contribution in [0.2, 0.25) is 0 Å². The predicted octanol–water partition coefficient (Wildman–Crippen LogP) is 6.02. The highest BCUT2D eigenvalue weighted by atomic mass is 16.3. The van der Waals surface area contributed by atoms with E-state index in [2.05, 4.69) is 64.2 Å². The molecule has 0 atom stereocenters. The molecule has 3 aromatic carbocycles. The van der Waals surface area contributed by atoms with Crippen LogP contribution in [-0.2, 0) is 13.5 Å². The lowest BCUT2D eigenvalue weighted by Gasteiger charge is -2.15. The zero-order valence-electron chi connectivity index (χ0n) is 16.9. The fraction of sp³-hybridized carbons (Fsp3) is 0.250. The van der Waals surface area contributed by atoms with Crippen LogP contribution in [-0.4, -0.2) is 14.8 Å². The highest BCUT2D eigenvalue weighted by molar-refractivity contribution is 6.25.